The van der Waals surface area contributed by atoms with Crippen molar-refractivity contribution >= 4 is 11.8 Å². The van der Waals surface area contributed by atoms with Gasteiger partial charge >= 0.3 is 0 Å². The second kappa shape index (κ2) is 6.26. The quantitative estimate of drug-likeness (QED) is 0.892. The highest BCUT2D eigenvalue weighted by molar-refractivity contribution is 5.90. The Hall–Kier alpha value is -1.98. The Bertz CT molecular complexity index is 607. The Kier molecular flexibility index (Phi) is 4.33. The SMILES string of the molecule is O=C1CC[C@H](C(=O)NCC2(c3c(F)cccc3F)CCCC2)N1. The average molecular weight is 322 g/mol. The Morgan fingerprint density at radius 2 is 1.91 bits per heavy atom. The molecule has 0 spiro atoms. The minimum atomic E-state index is -0.701. The van der Waals surface area contributed by atoms with Gasteiger partial charge < -0.3 is 10.6 Å². The zero-order valence-electron chi connectivity index (χ0n) is 12.8. The molecule has 1 aliphatic heterocycles. The van der Waals surface area contributed by atoms with Gasteiger partial charge in [-0.25, -0.2) is 8.78 Å². The maximum Gasteiger partial charge on any atom is 0.242 e. The van der Waals surface area contributed by atoms with Crippen LogP contribution in [-0.2, 0) is 15.0 Å². The Morgan fingerprint density at radius 1 is 1.26 bits per heavy atom. The van der Waals surface area contributed by atoms with E-state index in [4.69, 9.17) is 0 Å². The van der Waals surface area contributed by atoms with Crippen molar-refractivity contribution < 1.29 is 18.4 Å². The van der Waals surface area contributed by atoms with E-state index in [1.54, 1.807) is 0 Å². The van der Waals surface area contributed by atoms with E-state index in [1.165, 1.54) is 18.2 Å². The zero-order chi connectivity index (χ0) is 16.4. The minimum Gasteiger partial charge on any atom is -0.353 e. The summed E-state index contributed by atoms with van der Waals surface area (Å²) in [6.07, 6.45) is 3.84. The molecule has 4 nitrogen and oxygen atoms in total. The molecule has 1 aliphatic carbocycles. The van der Waals surface area contributed by atoms with Crippen LogP contribution in [0, 0.1) is 11.6 Å². The fourth-order valence-electron chi connectivity index (χ4n) is 3.76. The molecule has 1 saturated heterocycles. The summed E-state index contributed by atoms with van der Waals surface area (Å²) in [5, 5.41) is 5.40. The van der Waals surface area contributed by atoms with Crippen LogP contribution >= 0.6 is 0 Å². The highest BCUT2D eigenvalue weighted by Crippen LogP contribution is 2.42. The lowest BCUT2D eigenvalue weighted by Gasteiger charge is -2.31. The number of amides is 2. The summed E-state index contributed by atoms with van der Waals surface area (Å²) < 4.78 is 28.4. The van der Waals surface area contributed by atoms with Gasteiger partial charge in [-0.2, -0.15) is 0 Å². The van der Waals surface area contributed by atoms with Crippen LogP contribution in [0.4, 0.5) is 8.78 Å². The van der Waals surface area contributed by atoms with E-state index in [1.807, 2.05) is 0 Å². The number of carbonyl (C=O) groups excluding carboxylic acids is 2. The van der Waals surface area contributed by atoms with Gasteiger partial charge in [0.15, 0.2) is 0 Å². The molecule has 1 aromatic rings. The van der Waals surface area contributed by atoms with Crippen molar-refractivity contribution in [3.05, 3.63) is 35.4 Å². The third kappa shape index (κ3) is 3.07. The largest absolute Gasteiger partial charge is 0.353 e. The predicted octanol–water partition coefficient (Wildman–Crippen LogP) is 2.17. The highest BCUT2D eigenvalue weighted by Gasteiger charge is 2.40. The van der Waals surface area contributed by atoms with E-state index >= 15 is 0 Å². The second-order valence-corrected chi connectivity index (χ2v) is 6.46. The third-order valence-corrected chi connectivity index (χ3v) is 4.97. The lowest BCUT2D eigenvalue weighted by atomic mass is 9.78. The van der Waals surface area contributed by atoms with Crippen LogP contribution in [0.25, 0.3) is 0 Å². The van der Waals surface area contributed by atoms with Gasteiger partial charge in [0.25, 0.3) is 0 Å². The first kappa shape index (κ1) is 15.9. The molecule has 2 N–H and O–H groups in total. The summed E-state index contributed by atoms with van der Waals surface area (Å²) in [7, 11) is 0. The molecule has 0 unspecified atom stereocenters. The van der Waals surface area contributed by atoms with Crippen molar-refractivity contribution in [1.29, 1.82) is 0 Å². The van der Waals surface area contributed by atoms with E-state index in [9.17, 15) is 18.4 Å². The second-order valence-electron chi connectivity index (χ2n) is 6.46. The fraction of sp³-hybridized carbons (Fsp3) is 0.529. The Balaban J connectivity index is 1.77. The minimum absolute atomic E-state index is 0.0771. The van der Waals surface area contributed by atoms with E-state index < -0.39 is 23.1 Å². The standard InChI is InChI=1S/C17H20F2N2O2/c18-11-4-3-5-12(19)15(11)17(8-1-2-9-17)10-20-16(23)13-6-7-14(22)21-13/h3-5,13H,1-2,6-10H2,(H,20,23)(H,21,22)/t13-/m1/s1. The smallest absolute Gasteiger partial charge is 0.242 e. The molecule has 23 heavy (non-hydrogen) atoms. The van der Waals surface area contributed by atoms with Crippen LogP contribution in [0.3, 0.4) is 0 Å². The van der Waals surface area contributed by atoms with Crippen molar-refractivity contribution in [1.82, 2.24) is 10.6 Å². The Labute approximate surface area is 133 Å². The van der Waals surface area contributed by atoms with Crippen LogP contribution in [0.5, 0.6) is 0 Å². The molecule has 1 aromatic carbocycles. The van der Waals surface area contributed by atoms with Crippen LogP contribution in [0.2, 0.25) is 0 Å². The zero-order valence-corrected chi connectivity index (χ0v) is 12.8. The fourth-order valence-corrected chi connectivity index (χ4v) is 3.76. The van der Waals surface area contributed by atoms with Crippen molar-refractivity contribution in [2.45, 2.75) is 50.0 Å². The van der Waals surface area contributed by atoms with Crippen molar-refractivity contribution in [2.24, 2.45) is 0 Å². The van der Waals surface area contributed by atoms with E-state index in [0.29, 0.717) is 25.7 Å². The molecule has 2 aliphatic rings. The van der Waals surface area contributed by atoms with Gasteiger partial charge in [0.1, 0.15) is 17.7 Å². The van der Waals surface area contributed by atoms with Gasteiger partial charge in [0.05, 0.1) is 0 Å². The number of halogens is 2. The third-order valence-electron chi connectivity index (χ3n) is 4.97. The van der Waals surface area contributed by atoms with Crippen LogP contribution in [-0.4, -0.2) is 24.4 Å². The first-order valence-corrected chi connectivity index (χ1v) is 8.03. The molecule has 1 atom stereocenters. The summed E-state index contributed by atoms with van der Waals surface area (Å²) in [6.45, 7) is 0.191. The first-order chi connectivity index (χ1) is 11.0. The van der Waals surface area contributed by atoms with Gasteiger partial charge in [0.2, 0.25) is 11.8 Å². The predicted molar refractivity (Wildman–Crippen MR) is 80.7 cm³/mol. The molecule has 0 aromatic heterocycles. The number of carbonyl (C=O) groups is 2. The number of hydrogen-bond donors (Lipinski definition) is 2. The molecule has 6 heteroatoms. The molecule has 3 rings (SSSR count). The summed E-state index contributed by atoms with van der Waals surface area (Å²) in [5.41, 5.74) is -0.624. The molecule has 2 amide bonds. The molecular weight excluding hydrogens is 302 g/mol. The van der Waals surface area contributed by atoms with E-state index in [0.717, 1.165) is 12.8 Å². The summed E-state index contributed by atoms with van der Waals surface area (Å²) in [6, 6.07) is 3.34. The number of nitrogens with one attached hydrogen (secondary N) is 2. The van der Waals surface area contributed by atoms with Gasteiger partial charge in [-0.05, 0) is 31.4 Å². The van der Waals surface area contributed by atoms with Crippen LogP contribution in [0.15, 0.2) is 18.2 Å². The molecule has 124 valence electrons. The van der Waals surface area contributed by atoms with Crippen molar-refractivity contribution in [3.63, 3.8) is 0 Å². The van der Waals surface area contributed by atoms with Crippen molar-refractivity contribution in [3.8, 4) is 0 Å². The highest BCUT2D eigenvalue weighted by atomic mass is 19.1. The summed E-state index contributed by atoms with van der Waals surface area (Å²) >= 11 is 0. The average Bonchev–Trinajstić information content (AvgIpc) is 3.15. The molecule has 0 radical (unpaired) electrons. The summed E-state index contributed by atoms with van der Waals surface area (Å²) in [5.74, 6) is -1.54. The number of benzene rings is 1. The lowest BCUT2D eigenvalue weighted by Crippen LogP contribution is -2.47. The maximum absolute atomic E-state index is 14.2. The van der Waals surface area contributed by atoms with E-state index in [2.05, 4.69) is 10.6 Å². The van der Waals surface area contributed by atoms with Crippen LogP contribution < -0.4 is 10.6 Å². The number of rotatable bonds is 4. The number of hydrogen-bond acceptors (Lipinski definition) is 2. The van der Waals surface area contributed by atoms with Gasteiger partial charge in [-0.3, -0.25) is 9.59 Å². The van der Waals surface area contributed by atoms with Gasteiger partial charge in [-0.1, -0.05) is 18.9 Å². The monoisotopic (exact) mass is 322 g/mol. The molecule has 2 fully saturated rings. The normalized spacial score (nSPS) is 22.9. The summed E-state index contributed by atoms with van der Waals surface area (Å²) in [4.78, 5) is 23.4. The first-order valence-electron chi connectivity index (χ1n) is 8.03. The molecular formula is C17H20F2N2O2. The maximum atomic E-state index is 14.2. The topological polar surface area (TPSA) is 58.2 Å². The van der Waals surface area contributed by atoms with E-state index in [-0.39, 0.29) is 23.9 Å². The van der Waals surface area contributed by atoms with Gasteiger partial charge in [-0.15, -0.1) is 0 Å². The van der Waals surface area contributed by atoms with Crippen molar-refractivity contribution in [2.75, 3.05) is 6.54 Å². The molecule has 0 bridgehead atoms. The molecule has 1 heterocycles. The van der Waals surface area contributed by atoms with Gasteiger partial charge in [0, 0.05) is 23.9 Å². The Morgan fingerprint density at radius 3 is 2.48 bits per heavy atom. The molecule has 1 saturated carbocycles. The van der Waals surface area contributed by atoms with Crippen LogP contribution in [0.1, 0.15) is 44.1 Å². The lowest BCUT2D eigenvalue weighted by molar-refractivity contribution is -0.125.